The monoisotopic (exact) mass is 567 g/mol. The molecule has 0 bridgehead atoms. The van der Waals surface area contributed by atoms with E-state index in [-0.39, 0.29) is 0 Å². The van der Waals surface area contributed by atoms with Crippen LogP contribution < -0.4 is 26.2 Å². The fourth-order valence-corrected chi connectivity index (χ4v) is 6.89. The molecule has 0 spiro atoms. The van der Waals surface area contributed by atoms with Crippen LogP contribution >= 0.6 is 18.7 Å². The molecule has 2 fully saturated rings. The number of anilines is 5. The van der Waals surface area contributed by atoms with Gasteiger partial charge in [0.15, 0.2) is 5.82 Å². The van der Waals surface area contributed by atoms with Gasteiger partial charge in [-0.2, -0.15) is 4.98 Å². The molecule has 208 valence electrons. The highest BCUT2D eigenvalue weighted by atomic mass is 35.5. The van der Waals surface area contributed by atoms with Gasteiger partial charge in [0.25, 0.3) is 0 Å². The van der Waals surface area contributed by atoms with Gasteiger partial charge in [0.1, 0.15) is 12.2 Å². The molecule has 0 aliphatic carbocycles. The van der Waals surface area contributed by atoms with E-state index in [0.29, 0.717) is 22.8 Å². The quantitative estimate of drug-likeness (QED) is 0.316. The zero-order valence-electron chi connectivity index (χ0n) is 23.1. The van der Waals surface area contributed by atoms with Gasteiger partial charge in [0, 0.05) is 62.0 Å². The van der Waals surface area contributed by atoms with E-state index >= 15 is 0 Å². The van der Waals surface area contributed by atoms with Crippen molar-refractivity contribution in [2.75, 3.05) is 68.1 Å². The van der Waals surface area contributed by atoms with Crippen LogP contribution in [0.5, 0.6) is 0 Å². The van der Waals surface area contributed by atoms with Gasteiger partial charge in [-0.3, -0.25) is 4.90 Å². The number of hydrogen-bond donors (Lipinski definition) is 3. The normalized spacial score (nSPS) is 17.3. The third-order valence-electron chi connectivity index (χ3n) is 7.67. The molecule has 0 radical (unpaired) electrons. The Balaban J connectivity index is 1.28. The predicted octanol–water partition coefficient (Wildman–Crippen LogP) is 5.30. The number of piperidine rings is 1. The Morgan fingerprint density at radius 2 is 1.79 bits per heavy atom. The summed E-state index contributed by atoms with van der Waals surface area (Å²) >= 11 is 6.43. The number of piperazine rings is 1. The lowest BCUT2D eigenvalue weighted by atomic mass is 10.00. The lowest BCUT2D eigenvalue weighted by Crippen LogP contribution is -2.52. The summed E-state index contributed by atoms with van der Waals surface area (Å²) in [6.45, 7) is 12.4. The highest BCUT2D eigenvalue weighted by molar-refractivity contribution is 7.70. The minimum absolute atomic E-state index is 0.395. The Morgan fingerprint density at radius 3 is 2.51 bits per heavy atom. The summed E-state index contributed by atoms with van der Waals surface area (Å²) in [6.07, 6.45) is 4.96. The summed E-state index contributed by atoms with van der Waals surface area (Å²) in [6, 6.07) is 14.8. The molecule has 3 N–H and O–H groups in total. The lowest BCUT2D eigenvalue weighted by Gasteiger charge is -2.41. The van der Waals surface area contributed by atoms with Crippen LogP contribution in [0.4, 0.5) is 28.8 Å². The number of nitrogens with one attached hydrogen (secondary N) is 3. The average Bonchev–Trinajstić information content (AvgIpc) is 2.95. The van der Waals surface area contributed by atoms with Gasteiger partial charge in [-0.1, -0.05) is 30.7 Å². The summed E-state index contributed by atoms with van der Waals surface area (Å²) in [4.78, 5) is 14.2. The molecule has 2 aliphatic heterocycles. The second kappa shape index (κ2) is 12.3. The Bertz CT molecular complexity index is 1330. The smallest absolute Gasteiger partial charge is 0.229 e. The van der Waals surface area contributed by atoms with E-state index < -0.39 is 7.14 Å². The molecule has 10 heteroatoms. The molecule has 0 amide bonds. The van der Waals surface area contributed by atoms with Gasteiger partial charge in [-0.05, 0) is 68.5 Å². The van der Waals surface area contributed by atoms with Gasteiger partial charge >= 0.3 is 0 Å². The third kappa shape index (κ3) is 6.75. The van der Waals surface area contributed by atoms with Crippen LogP contribution in [0.1, 0.15) is 25.3 Å². The molecular weight excluding hydrogens is 529 g/mol. The highest BCUT2D eigenvalue weighted by Gasteiger charge is 2.26. The molecule has 2 aromatic carbocycles. The maximum atomic E-state index is 12.8. The van der Waals surface area contributed by atoms with Gasteiger partial charge in [0.05, 0.1) is 11.9 Å². The molecule has 2 saturated heterocycles. The number of hydrogen-bond acceptors (Lipinski definition) is 8. The van der Waals surface area contributed by atoms with Crippen LogP contribution in [0.2, 0.25) is 5.02 Å². The highest BCUT2D eigenvalue weighted by Crippen LogP contribution is 2.38. The maximum Gasteiger partial charge on any atom is 0.229 e. The fourth-order valence-electron chi connectivity index (χ4n) is 5.59. The van der Waals surface area contributed by atoms with Gasteiger partial charge in [-0.25, -0.2) is 4.98 Å². The third-order valence-corrected chi connectivity index (χ3v) is 9.50. The minimum atomic E-state index is -2.48. The van der Waals surface area contributed by atoms with Crippen molar-refractivity contribution in [2.24, 2.45) is 0 Å². The lowest BCUT2D eigenvalue weighted by molar-refractivity contribution is 0.150. The standard InChI is InChI=1S/C29H39ClN7OP/c1-4-21-19-22(9-10-26(21)37-15-11-23(12-16-37)36-17-13-31-14-18-36)33-29-32-20-24(30)28(35-29)34-25-7-5-6-8-27(25)39(2,3)38/h5-10,19-20,23,31H,4,11-18H2,1-3H3,(H2,32,33,34,35). The molecule has 8 nitrogen and oxygen atoms in total. The largest absolute Gasteiger partial charge is 0.371 e. The number of aromatic nitrogens is 2. The van der Waals surface area contributed by atoms with Crippen LogP contribution in [-0.2, 0) is 11.0 Å². The summed E-state index contributed by atoms with van der Waals surface area (Å²) < 4.78 is 12.8. The Kier molecular flexibility index (Phi) is 8.77. The predicted molar refractivity (Wildman–Crippen MR) is 165 cm³/mol. The van der Waals surface area contributed by atoms with E-state index in [2.05, 4.69) is 60.8 Å². The molecule has 3 aromatic rings. The van der Waals surface area contributed by atoms with Gasteiger partial charge in [0.2, 0.25) is 5.95 Å². The zero-order chi connectivity index (χ0) is 27.4. The summed E-state index contributed by atoms with van der Waals surface area (Å²) in [5.74, 6) is 0.914. The SMILES string of the molecule is CCc1cc(Nc2ncc(Cl)c(Nc3ccccc3P(C)(C)=O)n2)ccc1N1CCC(N2CCNCC2)CC1. The molecule has 39 heavy (non-hydrogen) atoms. The van der Waals surface area contributed by atoms with Crippen LogP contribution in [-0.4, -0.2) is 73.5 Å². The maximum absolute atomic E-state index is 12.8. The first-order valence-corrected chi connectivity index (χ1v) is 16.8. The molecule has 0 saturated carbocycles. The Labute approximate surface area is 236 Å². The second-order valence-electron chi connectivity index (χ2n) is 10.7. The van der Waals surface area contributed by atoms with Crippen LogP contribution in [0.25, 0.3) is 0 Å². The van der Waals surface area contributed by atoms with Gasteiger partial charge in [-0.15, -0.1) is 0 Å². The molecular formula is C29H39ClN7OP. The van der Waals surface area contributed by atoms with Gasteiger partial charge < -0.3 is 25.4 Å². The van der Waals surface area contributed by atoms with Crippen molar-refractivity contribution in [3.05, 3.63) is 59.2 Å². The first-order valence-electron chi connectivity index (χ1n) is 13.9. The molecule has 1 aromatic heterocycles. The number of aryl methyl sites for hydroxylation is 1. The fraction of sp³-hybridized carbons (Fsp3) is 0.448. The molecule has 5 rings (SSSR count). The van der Waals surface area contributed by atoms with Crippen LogP contribution in [0, 0.1) is 0 Å². The van der Waals surface area contributed by atoms with E-state index in [1.54, 1.807) is 19.5 Å². The van der Waals surface area contributed by atoms with Crippen LogP contribution in [0.15, 0.2) is 48.7 Å². The first kappa shape index (κ1) is 27.9. The molecule has 2 aliphatic rings. The first-order chi connectivity index (χ1) is 18.8. The van der Waals surface area contributed by atoms with Crippen LogP contribution in [0.3, 0.4) is 0 Å². The average molecular weight is 568 g/mol. The van der Waals surface area contributed by atoms with Crippen molar-refractivity contribution in [1.82, 2.24) is 20.2 Å². The Hall–Kier alpha value is -2.64. The molecule has 3 heterocycles. The van der Waals surface area contributed by atoms with Crippen molar-refractivity contribution in [2.45, 2.75) is 32.2 Å². The zero-order valence-corrected chi connectivity index (χ0v) is 24.7. The van der Waals surface area contributed by atoms with Crippen molar-refractivity contribution < 1.29 is 4.57 Å². The van der Waals surface area contributed by atoms with Crippen molar-refractivity contribution in [3.63, 3.8) is 0 Å². The summed E-state index contributed by atoms with van der Waals surface area (Å²) in [7, 11) is -2.48. The number of nitrogens with zero attached hydrogens (tertiary/aromatic N) is 4. The minimum Gasteiger partial charge on any atom is -0.371 e. The molecule has 0 atom stereocenters. The number of rotatable bonds is 8. The van der Waals surface area contributed by atoms with E-state index in [4.69, 9.17) is 11.6 Å². The topological polar surface area (TPSA) is 85.4 Å². The second-order valence-corrected chi connectivity index (χ2v) is 14.3. The van der Waals surface area contributed by atoms with Crippen molar-refractivity contribution >= 4 is 52.9 Å². The Morgan fingerprint density at radius 1 is 1.05 bits per heavy atom. The van der Waals surface area contributed by atoms with Crippen molar-refractivity contribution in [3.8, 4) is 0 Å². The van der Waals surface area contributed by atoms with E-state index in [1.165, 1.54) is 37.2 Å². The number of para-hydroxylation sites is 1. The number of benzene rings is 2. The number of halogens is 1. The molecule has 0 unspecified atom stereocenters. The summed E-state index contributed by atoms with van der Waals surface area (Å²) in [5, 5.41) is 11.2. The van der Waals surface area contributed by atoms with E-state index in [1.807, 2.05) is 24.3 Å². The summed E-state index contributed by atoms with van der Waals surface area (Å²) in [5.41, 5.74) is 4.30. The van der Waals surface area contributed by atoms with E-state index in [9.17, 15) is 4.57 Å². The van der Waals surface area contributed by atoms with Crippen molar-refractivity contribution in [1.29, 1.82) is 0 Å². The van der Waals surface area contributed by atoms with E-state index in [0.717, 1.165) is 49.3 Å².